The molecule has 2 aromatic heterocycles. The van der Waals surface area contributed by atoms with Crippen LogP contribution in [-0.2, 0) is 5.75 Å². The molecule has 4 aromatic rings. The Morgan fingerprint density at radius 1 is 1.15 bits per heavy atom. The number of methoxy groups -OCH3 is 1. The molecule has 0 aliphatic heterocycles. The molecule has 0 fully saturated rings. The van der Waals surface area contributed by atoms with Crippen molar-refractivity contribution < 1.29 is 9.53 Å². The van der Waals surface area contributed by atoms with E-state index in [-0.39, 0.29) is 0 Å². The van der Waals surface area contributed by atoms with Crippen LogP contribution in [0.15, 0.2) is 53.7 Å². The van der Waals surface area contributed by atoms with E-state index in [1.807, 2.05) is 34.7 Å². The van der Waals surface area contributed by atoms with Gasteiger partial charge < -0.3 is 10.5 Å². The predicted octanol–water partition coefficient (Wildman–Crippen LogP) is 3.59. The van der Waals surface area contributed by atoms with Crippen LogP contribution in [0.1, 0.15) is 21.5 Å². The highest BCUT2D eigenvalue weighted by Crippen LogP contribution is 2.29. The molecule has 0 unspecified atom stereocenters. The minimum atomic E-state index is -0.423. The van der Waals surface area contributed by atoms with Crippen molar-refractivity contribution in [1.29, 1.82) is 0 Å². The van der Waals surface area contributed by atoms with E-state index in [0.717, 1.165) is 38.6 Å². The maximum absolute atomic E-state index is 11.2. The zero-order valence-electron chi connectivity index (χ0n) is 15.0. The Bertz CT molecular complexity index is 1150. The van der Waals surface area contributed by atoms with Crippen LogP contribution in [0.4, 0.5) is 0 Å². The molecule has 0 aliphatic carbocycles. The fourth-order valence-electron chi connectivity index (χ4n) is 3.04. The Balaban J connectivity index is 1.71. The molecule has 0 aliphatic rings. The van der Waals surface area contributed by atoms with Gasteiger partial charge in [0.25, 0.3) is 0 Å². The van der Waals surface area contributed by atoms with Crippen LogP contribution in [0.25, 0.3) is 16.6 Å². The number of ether oxygens (including phenoxy) is 1. The van der Waals surface area contributed by atoms with Crippen molar-refractivity contribution in [2.24, 2.45) is 5.73 Å². The number of nitrogens with zero attached hydrogens (tertiary/aromatic N) is 3. The molecule has 0 bridgehead atoms. The van der Waals surface area contributed by atoms with Gasteiger partial charge in [-0.3, -0.25) is 9.20 Å². The minimum absolute atomic E-state index is 0.423. The second kappa shape index (κ2) is 6.92. The molecule has 0 spiro atoms. The monoisotopic (exact) mass is 378 g/mol. The lowest BCUT2D eigenvalue weighted by Gasteiger charge is -2.09. The Labute approximate surface area is 160 Å². The van der Waals surface area contributed by atoms with Gasteiger partial charge in [-0.05, 0) is 48.4 Å². The number of carbonyl (C=O) groups excluding carboxylic acids is 1. The number of carbonyl (C=O) groups is 1. The average molecular weight is 378 g/mol. The zero-order chi connectivity index (χ0) is 19.0. The molecule has 7 heteroatoms. The molecule has 2 N–H and O–H groups in total. The summed E-state index contributed by atoms with van der Waals surface area (Å²) in [7, 11) is 1.66. The highest BCUT2D eigenvalue weighted by atomic mass is 32.2. The molecule has 1 amide bonds. The van der Waals surface area contributed by atoms with Gasteiger partial charge in [0.2, 0.25) is 5.91 Å². The van der Waals surface area contributed by atoms with E-state index in [1.54, 1.807) is 31.0 Å². The second-order valence-electron chi connectivity index (χ2n) is 6.24. The number of benzene rings is 2. The van der Waals surface area contributed by atoms with Gasteiger partial charge in [0, 0.05) is 22.8 Å². The molecule has 6 nitrogen and oxygen atoms in total. The molecule has 0 radical (unpaired) electrons. The van der Waals surface area contributed by atoms with Crippen LogP contribution < -0.4 is 10.5 Å². The third-order valence-electron chi connectivity index (χ3n) is 4.48. The molecule has 2 heterocycles. The molecule has 4 rings (SSSR count). The third kappa shape index (κ3) is 3.21. The van der Waals surface area contributed by atoms with Crippen molar-refractivity contribution in [2.75, 3.05) is 7.11 Å². The molecular formula is C20H18N4O2S. The van der Waals surface area contributed by atoms with Gasteiger partial charge in [0.05, 0.1) is 12.6 Å². The molecular weight excluding hydrogens is 360 g/mol. The highest BCUT2D eigenvalue weighted by Gasteiger charge is 2.13. The van der Waals surface area contributed by atoms with Crippen molar-refractivity contribution >= 4 is 34.2 Å². The Kier molecular flexibility index (Phi) is 4.45. The largest absolute Gasteiger partial charge is 0.497 e. The van der Waals surface area contributed by atoms with Crippen LogP contribution >= 0.6 is 11.8 Å². The molecule has 2 aromatic carbocycles. The lowest BCUT2D eigenvalue weighted by atomic mass is 10.1. The normalized spacial score (nSPS) is 11.2. The van der Waals surface area contributed by atoms with Crippen molar-refractivity contribution in [3.63, 3.8) is 0 Å². The van der Waals surface area contributed by atoms with Crippen LogP contribution in [0.2, 0.25) is 0 Å². The fraction of sp³-hybridized carbons (Fsp3) is 0.150. The highest BCUT2D eigenvalue weighted by molar-refractivity contribution is 7.98. The number of thioether (sulfide) groups is 1. The van der Waals surface area contributed by atoms with E-state index in [2.05, 4.69) is 23.2 Å². The van der Waals surface area contributed by atoms with Crippen molar-refractivity contribution in [1.82, 2.24) is 14.6 Å². The first kappa shape index (κ1) is 17.4. The Morgan fingerprint density at radius 2 is 1.93 bits per heavy atom. The smallest absolute Gasteiger partial charge is 0.248 e. The summed E-state index contributed by atoms with van der Waals surface area (Å²) in [5.74, 6) is 1.08. The van der Waals surface area contributed by atoms with Crippen LogP contribution in [0, 0.1) is 6.92 Å². The third-order valence-corrected chi connectivity index (χ3v) is 5.48. The lowest BCUT2D eigenvalue weighted by molar-refractivity contribution is 0.100. The number of hydrogen-bond donors (Lipinski definition) is 1. The van der Waals surface area contributed by atoms with Crippen molar-refractivity contribution in [3.05, 3.63) is 65.2 Å². The summed E-state index contributed by atoms with van der Waals surface area (Å²) in [5, 5.41) is 10.6. The quantitative estimate of drug-likeness (QED) is 0.537. The van der Waals surface area contributed by atoms with Gasteiger partial charge in [-0.1, -0.05) is 23.9 Å². The maximum Gasteiger partial charge on any atom is 0.248 e. The van der Waals surface area contributed by atoms with Gasteiger partial charge in [-0.2, -0.15) is 0 Å². The predicted molar refractivity (Wildman–Crippen MR) is 106 cm³/mol. The number of hydrogen-bond acceptors (Lipinski definition) is 5. The first-order chi connectivity index (χ1) is 13.1. The molecule has 0 atom stereocenters. The Morgan fingerprint density at radius 3 is 2.63 bits per heavy atom. The van der Waals surface area contributed by atoms with Gasteiger partial charge in [-0.25, -0.2) is 0 Å². The van der Waals surface area contributed by atoms with E-state index in [0.29, 0.717) is 11.3 Å². The summed E-state index contributed by atoms with van der Waals surface area (Å²) in [6, 6.07) is 15.3. The number of amides is 1. The fourth-order valence-corrected chi connectivity index (χ4v) is 3.94. The standard InChI is InChI=1S/C20H18N4O2S/c1-12-9-18-22-23-20(24(18)17-10-15(26-2)7-8-16(12)17)27-11-13-3-5-14(6-4-13)19(21)25/h3-10H,11H2,1-2H3,(H2,21,25). The Hall–Kier alpha value is -3.06. The summed E-state index contributed by atoms with van der Waals surface area (Å²) in [6.45, 7) is 2.07. The molecule has 27 heavy (non-hydrogen) atoms. The lowest BCUT2D eigenvalue weighted by Crippen LogP contribution is -2.10. The zero-order valence-corrected chi connectivity index (χ0v) is 15.8. The number of rotatable bonds is 5. The van der Waals surface area contributed by atoms with E-state index in [4.69, 9.17) is 10.5 Å². The summed E-state index contributed by atoms with van der Waals surface area (Å²) >= 11 is 1.59. The maximum atomic E-state index is 11.2. The van der Waals surface area contributed by atoms with E-state index in [9.17, 15) is 4.79 Å². The number of aryl methyl sites for hydroxylation is 1. The topological polar surface area (TPSA) is 82.5 Å². The molecule has 0 saturated heterocycles. The number of pyridine rings is 1. The van der Waals surface area contributed by atoms with E-state index < -0.39 is 5.91 Å². The van der Waals surface area contributed by atoms with Crippen LogP contribution in [-0.4, -0.2) is 27.6 Å². The number of primary amides is 1. The minimum Gasteiger partial charge on any atom is -0.497 e. The molecule has 0 saturated carbocycles. The van der Waals surface area contributed by atoms with Crippen molar-refractivity contribution in [3.8, 4) is 5.75 Å². The summed E-state index contributed by atoms with van der Waals surface area (Å²) in [4.78, 5) is 11.2. The SMILES string of the molecule is COc1ccc2c(C)cc3nnc(SCc4ccc(C(N)=O)cc4)n3c2c1. The number of nitrogens with two attached hydrogens (primary N) is 1. The summed E-state index contributed by atoms with van der Waals surface area (Å²) < 4.78 is 7.44. The van der Waals surface area contributed by atoms with Gasteiger partial charge >= 0.3 is 0 Å². The van der Waals surface area contributed by atoms with Gasteiger partial charge in [-0.15, -0.1) is 10.2 Å². The van der Waals surface area contributed by atoms with Crippen LogP contribution in [0.5, 0.6) is 5.75 Å². The van der Waals surface area contributed by atoms with E-state index in [1.165, 1.54) is 0 Å². The van der Waals surface area contributed by atoms with Gasteiger partial charge in [0.1, 0.15) is 5.75 Å². The average Bonchev–Trinajstić information content (AvgIpc) is 3.09. The number of fused-ring (bicyclic) bond motifs is 3. The van der Waals surface area contributed by atoms with E-state index >= 15 is 0 Å². The molecule has 136 valence electrons. The second-order valence-corrected chi connectivity index (χ2v) is 7.18. The van der Waals surface area contributed by atoms with Crippen LogP contribution in [0.3, 0.4) is 0 Å². The van der Waals surface area contributed by atoms with Crippen molar-refractivity contribution in [2.45, 2.75) is 17.8 Å². The first-order valence-electron chi connectivity index (χ1n) is 8.41. The van der Waals surface area contributed by atoms with Gasteiger partial charge in [0.15, 0.2) is 10.8 Å². The first-order valence-corrected chi connectivity index (χ1v) is 9.39. The number of aromatic nitrogens is 3. The summed E-state index contributed by atoms with van der Waals surface area (Å²) in [5.41, 5.74) is 9.84. The summed E-state index contributed by atoms with van der Waals surface area (Å²) in [6.07, 6.45) is 0.